The molecule has 1 amide bonds. The molecular formula is C11H18N2O2. The predicted octanol–water partition coefficient (Wildman–Crippen LogP) is 1.03. The molecule has 0 fully saturated rings. The molecule has 0 spiro atoms. The monoisotopic (exact) mass is 210 g/mol. The van der Waals surface area contributed by atoms with Gasteiger partial charge in [0.1, 0.15) is 0 Å². The number of carbonyl (C=O) groups excluding carboxylic acids is 1. The molecular weight excluding hydrogens is 192 g/mol. The number of aryl methyl sites for hydroxylation is 1. The van der Waals surface area contributed by atoms with Crippen molar-refractivity contribution in [2.75, 3.05) is 20.3 Å². The molecule has 1 heterocycles. The summed E-state index contributed by atoms with van der Waals surface area (Å²) in [5.74, 6) is 0.0965. The lowest BCUT2D eigenvalue weighted by molar-refractivity contribution is -0.121. The fourth-order valence-corrected chi connectivity index (χ4v) is 1.32. The largest absolute Gasteiger partial charge is 0.383 e. The van der Waals surface area contributed by atoms with Crippen molar-refractivity contribution in [3.8, 4) is 0 Å². The summed E-state index contributed by atoms with van der Waals surface area (Å²) in [6.45, 7) is 2.06. The molecule has 0 radical (unpaired) electrons. The van der Waals surface area contributed by atoms with E-state index in [1.165, 1.54) is 0 Å². The summed E-state index contributed by atoms with van der Waals surface area (Å²) in [7, 11) is 1.62. The van der Waals surface area contributed by atoms with Crippen molar-refractivity contribution in [3.63, 3.8) is 0 Å². The standard InChI is InChI=1S/C11H18N2O2/c1-15-10-6-12-11(14)5-4-9-13-7-2-3-8-13/h2-3,7-8H,4-6,9-10H2,1H3,(H,12,14). The highest BCUT2D eigenvalue weighted by molar-refractivity contribution is 5.75. The van der Waals surface area contributed by atoms with E-state index in [1.54, 1.807) is 7.11 Å². The van der Waals surface area contributed by atoms with Crippen LogP contribution in [0.25, 0.3) is 0 Å². The van der Waals surface area contributed by atoms with Crippen molar-refractivity contribution >= 4 is 5.91 Å². The summed E-state index contributed by atoms with van der Waals surface area (Å²) in [5.41, 5.74) is 0. The Hall–Kier alpha value is -1.29. The molecule has 1 aromatic rings. The first-order valence-corrected chi connectivity index (χ1v) is 5.19. The molecule has 1 N–H and O–H groups in total. The average Bonchev–Trinajstić information content (AvgIpc) is 2.71. The summed E-state index contributed by atoms with van der Waals surface area (Å²) in [6.07, 6.45) is 5.45. The average molecular weight is 210 g/mol. The molecule has 4 heteroatoms. The fraction of sp³-hybridized carbons (Fsp3) is 0.545. The van der Waals surface area contributed by atoms with Gasteiger partial charge in [0.2, 0.25) is 5.91 Å². The third-order valence-electron chi connectivity index (χ3n) is 2.11. The molecule has 0 atom stereocenters. The van der Waals surface area contributed by atoms with Crippen molar-refractivity contribution in [1.29, 1.82) is 0 Å². The first-order chi connectivity index (χ1) is 7.33. The summed E-state index contributed by atoms with van der Waals surface area (Å²) in [5, 5.41) is 2.79. The number of rotatable bonds is 7. The van der Waals surface area contributed by atoms with E-state index in [4.69, 9.17) is 4.74 Å². The van der Waals surface area contributed by atoms with E-state index in [9.17, 15) is 4.79 Å². The van der Waals surface area contributed by atoms with Crippen LogP contribution in [0, 0.1) is 0 Å². The van der Waals surface area contributed by atoms with Crippen LogP contribution in [0.4, 0.5) is 0 Å². The Morgan fingerprint density at radius 2 is 2.13 bits per heavy atom. The second-order valence-corrected chi connectivity index (χ2v) is 3.37. The Bertz CT molecular complexity index is 270. The van der Waals surface area contributed by atoms with Gasteiger partial charge in [-0.25, -0.2) is 0 Å². The molecule has 0 bridgehead atoms. The highest BCUT2D eigenvalue weighted by Crippen LogP contribution is 1.96. The molecule has 0 saturated carbocycles. The Kier molecular flexibility index (Phi) is 5.55. The minimum absolute atomic E-state index is 0.0965. The number of amides is 1. The second-order valence-electron chi connectivity index (χ2n) is 3.37. The van der Waals surface area contributed by atoms with Crippen LogP contribution in [0.5, 0.6) is 0 Å². The van der Waals surface area contributed by atoms with Crippen molar-refractivity contribution in [3.05, 3.63) is 24.5 Å². The van der Waals surface area contributed by atoms with E-state index < -0.39 is 0 Å². The number of aromatic nitrogens is 1. The smallest absolute Gasteiger partial charge is 0.220 e. The SMILES string of the molecule is COCCNC(=O)CCCn1cccc1. The number of carbonyl (C=O) groups is 1. The maximum atomic E-state index is 11.3. The molecule has 1 aromatic heterocycles. The maximum Gasteiger partial charge on any atom is 0.220 e. The van der Waals surface area contributed by atoms with E-state index in [-0.39, 0.29) is 5.91 Å². The maximum absolute atomic E-state index is 11.3. The van der Waals surface area contributed by atoms with Gasteiger partial charge in [-0.2, -0.15) is 0 Å². The highest BCUT2D eigenvalue weighted by atomic mass is 16.5. The minimum Gasteiger partial charge on any atom is -0.383 e. The fourth-order valence-electron chi connectivity index (χ4n) is 1.32. The van der Waals surface area contributed by atoms with Crippen LogP contribution >= 0.6 is 0 Å². The molecule has 1 rings (SSSR count). The lowest BCUT2D eigenvalue weighted by Crippen LogP contribution is -2.26. The molecule has 15 heavy (non-hydrogen) atoms. The lowest BCUT2D eigenvalue weighted by atomic mass is 10.3. The van der Waals surface area contributed by atoms with E-state index in [0.717, 1.165) is 13.0 Å². The molecule has 0 aliphatic heterocycles. The minimum atomic E-state index is 0.0965. The van der Waals surface area contributed by atoms with Gasteiger partial charge in [-0.3, -0.25) is 4.79 Å². The lowest BCUT2D eigenvalue weighted by Gasteiger charge is -2.04. The van der Waals surface area contributed by atoms with Gasteiger partial charge in [0.15, 0.2) is 0 Å². The summed E-state index contributed by atoms with van der Waals surface area (Å²) >= 11 is 0. The number of nitrogens with zero attached hydrogens (tertiary/aromatic N) is 1. The normalized spacial score (nSPS) is 10.2. The van der Waals surface area contributed by atoms with Gasteiger partial charge >= 0.3 is 0 Å². The van der Waals surface area contributed by atoms with Gasteiger partial charge < -0.3 is 14.6 Å². The molecule has 0 aromatic carbocycles. The van der Waals surface area contributed by atoms with Gasteiger partial charge in [-0.1, -0.05) is 0 Å². The van der Waals surface area contributed by atoms with Gasteiger partial charge in [0.05, 0.1) is 6.61 Å². The summed E-state index contributed by atoms with van der Waals surface area (Å²) < 4.78 is 6.91. The van der Waals surface area contributed by atoms with Gasteiger partial charge in [0.25, 0.3) is 0 Å². The van der Waals surface area contributed by atoms with Crippen molar-refractivity contribution in [2.24, 2.45) is 0 Å². The zero-order chi connectivity index (χ0) is 10.9. The Morgan fingerprint density at radius 1 is 1.40 bits per heavy atom. The number of ether oxygens (including phenoxy) is 1. The zero-order valence-electron chi connectivity index (χ0n) is 9.11. The van der Waals surface area contributed by atoms with Crippen molar-refractivity contribution in [1.82, 2.24) is 9.88 Å². The van der Waals surface area contributed by atoms with Gasteiger partial charge in [-0.05, 0) is 18.6 Å². The van der Waals surface area contributed by atoms with Crippen LogP contribution in [0.15, 0.2) is 24.5 Å². The number of methoxy groups -OCH3 is 1. The third-order valence-corrected chi connectivity index (χ3v) is 2.11. The first-order valence-electron chi connectivity index (χ1n) is 5.19. The Labute approximate surface area is 90.2 Å². The van der Waals surface area contributed by atoms with Crippen LogP contribution in [0.3, 0.4) is 0 Å². The molecule has 0 saturated heterocycles. The highest BCUT2D eigenvalue weighted by Gasteiger charge is 1.99. The van der Waals surface area contributed by atoms with Crippen molar-refractivity contribution < 1.29 is 9.53 Å². The number of nitrogens with one attached hydrogen (secondary N) is 1. The second kappa shape index (κ2) is 7.06. The Morgan fingerprint density at radius 3 is 2.80 bits per heavy atom. The molecule has 4 nitrogen and oxygen atoms in total. The van der Waals surface area contributed by atoms with E-state index >= 15 is 0 Å². The van der Waals surface area contributed by atoms with Crippen molar-refractivity contribution in [2.45, 2.75) is 19.4 Å². The first kappa shape index (κ1) is 11.8. The molecule has 0 aliphatic carbocycles. The van der Waals surface area contributed by atoms with E-state index in [0.29, 0.717) is 19.6 Å². The van der Waals surface area contributed by atoms with Crippen LogP contribution in [-0.4, -0.2) is 30.7 Å². The summed E-state index contributed by atoms with van der Waals surface area (Å²) in [4.78, 5) is 11.3. The van der Waals surface area contributed by atoms with Crippen LogP contribution in [0.1, 0.15) is 12.8 Å². The molecule has 0 unspecified atom stereocenters. The zero-order valence-corrected chi connectivity index (χ0v) is 9.11. The van der Waals surface area contributed by atoms with Gasteiger partial charge in [-0.15, -0.1) is 0 Å². The van der Waals surface area contributed by atoms with E-state index in [2.05, 4.69) is 9.88 Å². The molecule has 0 aliphatic rings. The number of hydrogen-bond acceptors (Lipinski definition) is 2. The van der Waals surface area contributed by atoms with E-state index in [1.807, 2.05) is 24.5 Å². The predicted molar refractivity (Wildman–Crippen MR) is 58.6 cm³/mol. The third kappa shape index (κ3) is 5.22. The summed E-state index contributed by atoms with van der Waals surface area (Å²) in [6, 6.07) is 3.97. The number of hydrogen-bond donors (Lipinski definition) is 1. The van der Waals surface area contributed by atoms with Crippen LogP contribution in [-0.2, 0) is 16.1 Å². The van der Waals surface area contributed by atoms with Gasteiger partial charge in [0, 0.05) is 39.0 Å². The quantitative estimate of drug-likeness (QED) is 0.683. The van der Waals surface area contributed by atoms with Crippen LogP contribution in [0.2, 0.25) is 0 Å². The molecule has 84 valence electrons. The van der Waals surface area contributed by atoms with Crippen LogP contribution < -0.4 is 5.32 Å². The topological polar surface area (TPSA) is 43.3 Å². The Balaban J connectivity index is 2.02.